The number of aliphatic imine (C=N–C) groups is 1. The summed E-state index contributed by atoms with van der Waals surface area (Å²) in [7, 11) is 1.58. The van der Waals surface area contributed by atoms with Crippen molar-refractivity contribution in [3.05, 3.63) is 84.3 Å². The van der Waals surface area contributed by atoms with Crippen LogP contribution in [-0.4, -0.2) is 55.5 Å². The number of pyridine rings is 1. The molecule has 0 spiro atoms. The molecule has 2 N–H and O–H groups in total. The minimum atomic E-state index is -0.623. The number of methoxy groups -OCH3 is 1. The van der Waals surface area contributed by atoms with E-state index in [2.05, 4.69) is 32.7 Å². The van der Waals surface area contributed by atoms with Crippen LogP contribution in [0.5, 0.6) is 23.0 Å². The SMILES string of the molecule is COc1cc2c(Oc3ccc(NNC(=O)N=Cc4ccccc4)cc3F)ccnc2cc1OCCCN1CCC(C)CC1. The van der Waals surface area contributed by atoms with E-state index in [1.54, 1.807) is 31.5 Å². The first kappa shape index (κ1) is 29.8. The van der Waals surface area contributed by atoms with Crippen LogP contribution in [0, 0.1) is 11.7 Å². The van der Waals surface area contributed by atoms with Gasteiger partial charge in [-0.2, -0.15) is 4.99 Å². The van der Waals surface area contributed by atoms with Crippen molar-refractivity contribution in [2.75, 3.05) is 38.8 Å². The van der Waals surface area contributed by atoms with Crippen LogP contribution in [0.1, 0.15) is 31.7 Å². The maximum atomic E-state index is 15.0. The number of hydrazine groups is 1. The predicted octanol–water partition coefficient (Wildman–Crippen LogP) is 6.83. The fraction of sp³-hybridized carbons (Fsp3) is 0.303. The van der Waals surface area contributed by atoms with Gasteiger partial charge in [0.15, 0.2) is 23.1 Å². The van der Waals surface area contributed by atoms with E-state index in [-0.39, 0.29) is 5.75 Å². The van der Waals surface area contributed by atoms with Crippen LogP contribution in [0.4, 0.5) is 14.9 Å². The lowest BCUT2D eigenvalue weighted by atomic mass is 9.99. The molecule has 9 nitrogen and oxygen atoms in total. The van der Waals surface area contributed by atoms with Gasteiger partial charge >= 0.3 is 6.03 Å². The van der Waals surface area contributed by atoms with Gasteiger partial charge in [-0.25, -0.2) is 14.6 Å². The summed E-state index contributed by atoms with van der Waals surface area (Å²) in [6, 6.07) is 18.1. The number of rotatable bonds is 11. The Morgan fingerprint density at radius 1 is 1.05 bits per heavy atom. The van der Waals surface area contributed by atoms with E-state index in [0.717, 1.165) is 37.5 Å². The smallest absolute Gasteiger partial charge is 0.359 e. The number of nitrogens with zero attached hydrogens (tertiary/aromatic N) is 3. The maximum Gasteiger partial charge on any atom is 0.359 e. The Kier molecular flexibility index (Phi) is 10.0. The lowest BCUT2D eigenvalue weighted by Crippen LogP contribution is -2.34. The first-order chi connectivity index (χ1) is 21.0. The molecule has 1 aromatic heterocycles. The molecule has 1 aliphatic heterocycles. The number of benzene rings is 3. The number of nitrogens with one attached hydrogen (secondary N) is 2. The number of anilines is 1. The highest BCUT2D eigenvalue weighted by Gasteiger charge is 2.16. The summed E-state index contributed by atoms with van der Waals surface area (Å²) in [5.74, 6) is 1.77. The lowest BCUT2D eigenvalue weighted by molar-refractivity contribution is 0.176. The van der Waals surface area contributed by atoms with Gasteiger partial charge in [-0.05, 0) is 68.1 Å². The Morgan fingerprint density at radius 2 is 1.86 bits per heavy atom. The monoisotopic (exact) mass is 585 g/mol. The van der Waals surface area contributed by atoms with E-state index in [1.165, 1.54) is 31.2 Å². The highest BCUT2D eigenvalue weighted by atomic mass is 19.1. The van der Waals surface area contributed by atoms with Gasteiger partial charge in [0.25, 0.3) is 0 Å². The molecule has 1 saturated heterocycles. The summed E-state index contributed by atoms with van der Waals surface area (Å²) in [6.07, 6.45) is 6.47. The van der Waals surface area contributed by atoms with Crippen molar-refractivity contribution in [1.82, 2.24) is 15.3 Å². The van der Waals surface area contributed by atoms with Crippen molar-refractivity contribution >= 4 is 28.8 Å². The van der Waals surface area contributed by atoms with E-state index in [9.17, 15) is 9.18 Å². The summed E-state index contributed by atoms with van der Waals surface area (Å²) in [4.78, 5) is 22.8. The average molecular weight is 586 g/mol. The number of carbonyl (C=O) groups is 1. The molecule has 224 valence electrons. The van der Waals surface area contributed by atoms with Crippen LogP contribution >= 0.6 is 0 Å². The normalized spacial score (nSPS) is 14.1. The molecule has 2 heterocycles. The van der Waals surface area contributed by atoms with Crippen molar-refractivity contribution < 1.29 is 23.4 Å². The van der Waals surface area contributed by atoms with Gasteiger partial charge in [-0.15, -0.1) is 0 Å². The molecule has 1 fully saturated rings. The number of fused-ring (bicyclic) bond motifs is 1. The number of ether oxygens (including phenoxy) is 3. The number of halogens is 1. The first-order valence-electron chi connectivity index (χ1n) is 14.4. The standard InChI is InChI=1S/C33H36FN5O4/c1-23-12-16-39(17-13-23)15-6-18-42-32-21-28-26(20-31(32)41-2)29(11-14-35-28)43-30-10-9-25(19-27(30)34)37-38-33(40)36-22-24-7-4-3-5-8-24/h3-5,7-11,14,19-23,37H,6,12-13,15-18H2,1-2H3,(H,38,40). The van der Waals surface area contributed by atoms with E-state index >= 15 is 0 Å². The molecule has 4 aromatic rings. The second-order valence-corrected chi connectivity index (χ2v) is 10.5. The third-order valence-corrected chi connectivity index (χ3v) is 7.34. The number of carbonyl (C=O) groups excluding carboxylic acids is 1. The highest BCUT2D eigenvalue weighted by molar-refractivity contribution is 5.91. The Labute approximate surface area is 250 Å². The minimum absolute atomic E-state index is 0.0119. The molecule has 2 amide bonds. The molecule has 0 bridgehead atoms. The number of hydrogen-bond acceptors (Lipinski definition) is 7. The molecular weight excluding hydrogens is 549 g/mol. The quantitative estimate of drug-likeness (QED) is 0.113. The zero-order valence-electron chi connectivity index (χ0n) is 24.4. The topological polar surface area (TPSA) is 97.3 Å². The molecule has 0 atom stereocenters. The number of hydrogen-bond donors (Lipinski definition) is 2. The largest absolute Gasteiger partial charge is 0.493 e. The minimum Gasteiger partial charge on any atom is -0.493 e. The van der Waals surface area contributed by atoms with Crippen molar-refractivity contribution in [3.63, 3.8) is 0 Å². The number of aromatic nitrogens is 1. The summed E-state index contributed by atoms with van der Waals surface area (Å²) in [5, 5.41) is 0.652. The summed E-state index contributed by atoms with van der Waals surface area (Å²) in [5.41, 5.74) is 6.81. The Hall–Kier alpha value is -4.70. The Bertz CT molecular complexity index is 1560. The maximum absolute atomic E-state index is 15.0. The molecule has 0 radical (unpaired) electrons. The highest BCUT2D eigenvalue weighted by Crippen LogP contribution is 2.38. The fourth-order valence-corrected chi connectivity index (χ4v) is 4.86. The third kappa shape index (κ3) is 8.20. The predicted molar refractivity (Wildman–Crippen MR) is 166 cm³/mol. The molecule has 1 aliphatic rings. The molecule has 0 unspecified atom stereocenters. The van der Waals surface area contributed by atoms with Crippen LogP contribution < -0.4 is 25.1 Å². The third-order valence-electron chi connectivity index (χ3n) is 7.34. The number of piperidine rings is 1. The second-order valence-electron chi connectivity index (χ2n) is 10.5. The van der Waals surface area contributed by atoms with Gasteiger partial charge in [-0.3, -0.25) is 10.4 Å². The van der Waals surface area contributed by atoms with E-state index < -0.39 is 11.8 Å². The molecule has 10 heteroatoms. The number of urea groups is 1. The van der Waals surface area contributed by atoms with E-state index in [1.807, 2.05) is 36.4 Å². The van der Waals surface area contributed by atoms with E-state index in [4.69, 9.17) is 14.2 Å². The zero-order valence-corrected chi connectivity index (χ0v) is 24.4. The average Bonchev–Trinajstić information content (AvgIpc) is 3.03. The summed E-state index contributed by atoms with van der Waals surface area (Å²) < 4.78 is 32.6. The van der Waals surface area contributed by atoms with Gasteiger partial charge in [0.1, 0.15) is 5.75 Å². The van der Waals surface area contributed by atoms with Crippen molar-refractivity contribution in [2.24, 2.45) is 10.9 Å². The fourth-order valence-electron chi connectivity index (χ4n) is 4.86. The van der Waals surface area contributed by atoms with Crippen molar-refractivity contribution in [2.45, 2.75) is 26.2 Å². The van der Waals surface area contributed by atoms with Crippen LogP contribution in [-0.2, 0) is 0 Å². The molecule has 43 heavy (non-hydrogen) atoms. The molecule has 0 aliphatic carbocycles. The van der Waals surface area contributed by atoms with Gasteiger partial charge in [0, 0.05) is 36.5 Å². The Balaban J connectivity index is 1.20. The second kappa shape index (κ2) is 14.5. The van der Waals surface area contributed by atoms with Crippen LogP contribution in [0.15, 0.2) is 77.9 Å². The zero-order chi connectivity index (χ0) is 30.0. The first-order valence-corrected chi connectivity index (χ1v) is 14.4. The van der Waals surface area contributed by atoms with Crippen molar-refractivity contribution in [3.8, 4) is 23.0 Å². The van der Waals surface area contributed by atoms with Gasteiger partial charge < -0.3 is 19.1 Å². The van der Waals surface area contributed by atoms with E-state index in [0.29, 0.717) is 40.4 Å². The van der Waals surface area contributed by atoms with Gasteiger partial charge in [0.2, 0.25) is 0 Å². The molecule has 3 aromatic carbocycles. The van der Waals surface area contributed by atoms with Crippen LogP contribution in [0.2, 0.25) is 0 Å². The Morgan fingerprint density at radius 3 is 2.63 bits per heavy atom. The molecular formula is C33H36FN5O4. The van der Waals surface area contributed by atoms with Crippen molar-refractivity contribution in [1.29, 1.82) is 0 Å². The number of amides is 2. The summed E-state index contributed by atoms with van der Waals surface area (Å²) >= 11 is 0. The van der Waals surface area contributed by atoms with Crippen LogP contribution in [0.3, 0.4) is 0 Å². The van der Waals surface area contributed by atoms with Gasteiger partial charge in [-0.1, -0.05) is 37.3 Å². The lowest BCUT2D eigenvalue weighted by Gasteiger charge is -2.30. The molecule has 0 saturated carbocycles. The molecule has 5 rings (SSSR count). The summed E-state index contributed by atoms with van der Waals surface area (Å²) in [6.45, 7) is 6.18. The van der Waals surface area contributed by atoms with Gasteiger partial charge in [0.05, 0.1) is 24.9 Å². The number of likely N-dealkylation sites (tertiary alicyclic amines) is 1. The van der Waals surface area contributed by atoms with Crippen LogP contribution in [0.25, 0.3) is 10.9 Å².